The number of allylic oxidation sites excluding steroid dienone is 1. The lowest BCUT2D eigenvalue weighted by Gasteiger charge is -2.32. The number of nitrogens with one attached hydrogen (secondary N) is 2. The number of alkyl halides is 4. The molecule has 6 nitrogen and oxygen atoms in total. The molecule has 0 amide bonds. The van der Waals surface area contributed by atoms with Crippen molar-refractivity contribution in [3.8, 4) is 0 Å². The summed E-state index contributed by atoms with van der Waals surface area (Å²) in [5.74, 6) is -1.18. The molecule has 1 fully saturated rings. The number of carboxylic acids is 1. The van der Waals surface area contributed by atoms with Crippen LogP contribution >= 0.6 is 0 Å². The summed E-state index contributed by atoms with van der Waals surface area (Å²) in [7, 11) is -5.58. The summed E-state index contributed by atoms with van der Waals surface area (Å²) in [6, 6.07) is 16.9. The molecule has 208 valence electrons. The van der Waals surface area contributed by atoms with E-state index in [0.717, 1.165) is 37.5 Å². The quantitative estimate of drug-likeness (QED) is 0.126. The lowest BCUT2D eigenvalue weighted by Crippen LogP contribution is -2.23. The Morgan fingerprint density at radius 2 is 1.65 bits per heavy atom. The molecule has 5 rings (SSSR count). The zero-order chi connectivity index (χ0) is 28.7. The van der Waals surface area contributed by atoms with Gasteiger partial charge in [-0.3, -0.25) is 0 Å². The van der Waals surface area contributed by atoms with Crippen molar-refractivity contribution in [3.05, 3.63) is 101 Å². The Labute approximate surface area is 227 Å². The summed E-state index contributed by atoms with van der Waals surface area (Å²) < 4.78 is 79.3. The van der Waals surface area contributed by atoms with Gasteiger partial charge in [-0.15, -0.1) is 0 Å². The van der Waals surface area contributed by atoms with Crippen LogP contribution in [0.2, 0.25) is 0 Å². The van der Waals surface area contributed by atoms with Crippen LogP contribution in [0.1, 0.15) is 53.4 Å². The van der Waals surface area contributed by atoms with Crippen molar-refractivity contribution in [2.24, 2.45) is 5.92 Å². The van der Waals surface area contributed by atoms with Gasteiger partial charge in [-0.25, -0.2) is 23.0 Å². The lowest BCUT2D eigenvalue weighted by atomic mass is 9.73. The summed E-state index contributed by atoms with van der Waals surface area (Å²) in [6.45, 7) is 0. The number of carbonyl (C=O) groups is 1. The highest BCUT2D eigenvalue weighted by molar-refractivity contribution is 7.92. The number of aliphatic carboxylic acids is 1. The Balaban J connectivity index is 1.75. The predicted octanol–water partition coefficient (Wildman–Crippen LogP) is 6.74. The summed E-state index contributed by atoms with van der Waals surface area (Å²) in [5.41, 5.74) is 4.21. The van der Waals surface area contributed by atoms with E-state index in [0.29, 0.717) is 44.7 Å². The molecule has 1 aliphatic heterocycles. The number of carboxylic acid groups (broad SMARTS) is 1. The van der Waals surface area contributed by atoms with Gasteiger partial charge in [0.2, 0.25) is 0 Å². The van der Waals surface area contributed by atoms with Gasteiger partial charge < -0.3 is 10.5 Å². The number of rotatable bonds is 7. The molecule has 0 spiro atoms. The van der Waals surface area contributed by atoms with E-state index in [1.54, 1.807) is 48.5 Å². The van der Waals surface area contributed by atoms with Crippen LogP contribution < -0.4 is 10.9 Å². The molecule has 3 N–H and O–H groups in total. The van der Waals surface area contributed by atoms with Crippen LogP contribution in [0.5, 0.6) is 0 Å². The minimum Gasteiger partial charge on any atom is -0.478 e. The fraction of sp³-hybridized carbons (Fsp3) is 0.207. The van der Waals surface area contributed by atoms with Gasteiger partial charge in [-0.1, -0.05) is 48.9 Å². The van der Waals surface area contributed by atoms with Gasteiger partial charge in [-0.05, 0) is 82.5 Å². The number of halogens is 4. The normalized spacial score (nSPS) is 18.1. The average molecular weight is 573 g/mol. The average Bonchev–Trinajstić information content (AvgIpc) is 3.26. The Hall–Kier alpha value is -3.96. The molecule has 0 radical (unpaired) electrons. The first-order chi connectivity index (χ1) is 19.0. The van der Waals surface area contributed by atoms with Crippen LogP contribution in [0, 0.1) is 5.92 Å². The molecule has 0 saturated heterocycles. The van der Waals surface area contributed by atoms with Crippen LogP contribution in [0.4, 0.5) is 23.2 Å². The molecule has 1 atom stereocenters. The van der Waals surface area contributed by atoms with Gasteiger partial charge in [0, 0.05) is 11.6 Å². The first-order valence-corrected chi connectivity index (χ1v) is 13.9. The van der Waals surface area contributed by atoms with E-state index in [4.69, 9.17) is 5.11 Å². The zero-order valence-electron chi connectivity index (χ0n) is 20.9. The van der Waals surface area contributed by atoms with Gasteiger partial charge in [0.1, 0.15) is 0 Å². The number of anilines is 1. The summed E-state index contributed by atoms with van der Waals surface area (Å²) in [5, 5.41) is 8.94. The maximum atomic E-state index is 14.6. The molecule has 0 aromatic heterocycles. The van der Waals surface area contributed by atoms with Gasteiger partial charge >= 0.3 is 11.5 Å². The molecule has 3 aromatic rings. The molecular formula is C29H24F4N2O4S. The van der Waals surface area contributed by atoms with Crippen molar-refractivity contribution in [3.63, 3.8) is 0 Å². The Kier molecular flexibility index (Phi) is 7.28. The number of hydrogen-bond acceptors (Lipinski definition) is 5. The molecule has 3 aromatic carbocycles. The van der Waals surface area contributed by atoms with Crippen LogP contribution in [0.15, 0.2) is 77.7 Å². The summed E-state index contributed by atoms with van der Waals surface area (Å²) >= 11 is 0. The Bertz CT molecular complexity index is 1630. The van der Waals surface area contributed by atoms with E-state index in [1.165, 1.54) is 12.1 Å². The van der Waals surface area contributed by atoms with Crippen molar-refractivity contribution >= 4 is 38.7 Å². The number of sulfone groups is 1. The summed E-state index contributed by atoms with van der Waals surface area (Å²) in [6.07, 6.45) is 3.33. The van der Waals surface area contributed by atoms with E-state index in [1.807, 2.05) is 0 Å². The fourth-order valence-electron chi connectivity index (χ4n) is 4.91. The third-order valence-corrected chi connectivity index (χ3v) is 8.59. The van der Waals surface area contributed by atoms with Crippen LogP contribution in [0.25, 0.3) is 17.2 Å². The minimum atomic E-state index is -5.58. The largest absolute Gasteiger partial charge is 0.501 e. The molecule has 1 aliphatic carbocycles. The second-order valence-electron chi connectivity index (χ2n) is 9.62. The molecule has 1 heterocycles. The van der Waals surface area contributed by atoms with E-state index >= 15 is 0 Å². The summed E-state index contributed by atoms with van der Waals surface area (Å²) in [4.78, 5) is 10.1. The van der Waals surface area contributed by atoms with Crippen molar-refractivity contribution < 1.29 is 35.9 Å². The monoisotopic (exact) mass is 572 g/mol. The van der Waals surface area contributed by atoms with Gasteiger partial charge in [0.25, 0.3) is 9.84 Å². The predicted molar refractivity (Wildman–Crippen MR) is 143 cm³/mol. The highest BCUT2D eigenvalue weighted by Crippen LogP contribution is 2.46. The molecule has 1 unspecified atom stereocenters. The molecule has 0 bridgehead atoms. The number of hydrazine groups is 1. The van der Waals surface area contributed by atoms with Gasteiger partial charge in [-0.2, -0.15) is 13.2 Å². The Morgan fingerprint density at radius 1 is 0.950 bits per heavy atom. The van der Waals surface area contributed by atoms with Gasteiger partial charge in [0.15, 0.2) is 6.30 Å². The maximum Gasteiger partial charge on any atom is 0.501 e. The van der Waals surface area contributed by atoms with E-state index in [-0.39, 0.29) is 5.92 Å². The van der Waals surface area contributed by atoms with Gasteiger partial charge in [0.05, 0.1) is 10.6 Å². The number of benzene rings is 3. The maximum absolute atomic E-state index is 14.6. The zero-order valence-corrected chi connectivity index (χ0v) is 21.7. The number of hydrogen-bond donors (Lipinski definition) is 3. The van der Waals surface area contributed by atoms with Crippen LogP contribution in [-0.4, -0.2) is 25.0 Å². The van der Waals surface area contributed by atoms with Crippen LogP contribution in [0.3, 0.4) is 0 Å². The molecule has 2 aliphatic rings. The smallest absolute Gasteiger partial charge is 0.478 e. The molecule has 1 saturated carbocycles. The van der Waals surface area contributed by atoms with E-state index in [2.05, 4.69) is 10.9 Å². The van der Waals surface area contributed by atoms with Crippen molar-refractivity contribution in [2.45, 2.75) is 36.0 Å². The first-order valence-electron chi connectivity index (χ1n) is 12.4. The molecule has 40 heavy (non-hydrogen) atoms. The third kappa shape index (κ3) is 5.26. The lowest BCUT2D eigenvalue weighted by molar-refractivity contribution is -0.131. The Morgan fingerprint density at radius 3 is 2.27 bits per heavy atom. The van der Waals surface area contributed by atoms with E-state index in [9.17, 15) is 30.8 Å². The van der Waals surface area contributed by atoms with E-state index < -0.39 is 32.5 Å². The van der Waals surface area contributed by atoms with Crippen molar-refractivity contribution in [2.75, 3.05) is 5.43 Å². The highest BCUT2D eigenvalue weighted by Gasteiger charge is 2.47. The fourth-order valence-corrected chi connectivity index (χ4v) is 5.72. The first kappa shape index (κ1) is 27.6. The topological polar surface area (TPSA) is 95.5 Å². The molecule has 11 heteroatoms. The molecular weight excluding hydrogens is 548 g/mol. The van der Waals surface area contributed by atoms with Crippen molar-refractivity contribution in [1.29, 1.82) is 0 Å². The second-order valence-corrected chi connectivity index (χ2v) is 11.6. The SMILES string of the molecule is O=C(O)/C=C/c1ccc(/C(=C(\c2cccc(S(=O)(=O)C(F)(F)F)c2)C2CCC2)c2ccc3c(c2)C(F)NN3)cc1. The third-order valence-electron chi connectivity index (χ3n) is 7.11. The highest BCUT2D eigenvalue weighted by atomic mass is 32.2. The van der Waals surface area contributed by atoms with Crippen molar-refractivity contribution in [1.82, 2.24) is 5.43 Å². The number of fused-ring (bicyclic) bond motifs is 1. The minimum absolute atomic E-state index is 0.0731. The van der Waals surface area contributed by atoms with Crippen LogP contribution in [-0.2, 0) is 14.6 Å². The standard InChI is InChI=1S/C29H24F4N2O4S/c30-28-23-16-21(12-13-24(23)34-35-28)27(19-10-7-17(8-11-19)9-14-25(36)37)26(18-3-1-4-18)20-5-2-6-22(15-20)40(38,39)29(31,32)33/h2,5-16,18,28,34-35H,1,3-4H2,(H,36,37)/b14-9+,27-26+. The second kappa shape index (κ2) is 10.5.